The Balaban J connectivity index is 2.14. The van der Waals surface area contributed by atoms with Crippen LogP contribution in [0.2, 0.25) is 0 Å². The number of nitrogens with zero attached hydrogens (tertiary/aromatic N) is 1. The molecule has 1 aliphatic carbocycles. The van der Waals surface area contributed by atoms with Crippen LogP contribution in [-0.2, 0) is 11.3 Å². The quantitative estimate of drug-likeness (QED) is 0.605. The van der Waals surface area contributed by atoms with Gasteiger partial charge in [0.15, 0.2) is 0 Å². The number of carbonyl (C=O) groups is 1. The first kappa shape index (κ1) is 15.3. The maximum atomic E-state index is 13.8. The minimum atomic E-state index is -0.256. The molecule has 0 unspecified atom stereocenters. The average molecular weight is 298 g/mol. The number of hydrogen-bond donors (Lipinski definition) is 0. The van der Waals surface area contributed by atoms with E-state index in [2.05, 4.69) is 0 Å². The number of benzene rings is 1. The van der Waals surface area contributed by atoms with Crippen molar-refractivity contribution in [2.75, 3.05) is 5.88 Å². The van der Waals surface area contributed by atoms with Crippen LogP contribution in [0.1, 0.15) is 44.1 Å². The maximum absolute atomic E-state index is 13.8. The van der Waals surface area contributed by atoms with Crippen LogP contribution < -0.4 is 0 Å². The zero-order valence-electron chi connectivity index (χ0n) is 11.7. The molecule has 1 amide bonds. The van der Waals surface area contributed by atoms with E-state index in [4.69, 9.17) is 11.6 Å². The molecule has 0 aliphatic heterocycles. The smallest absolute Gasteiger partial charge is 0.238 e. The molecule has 20 heavy (non-hydrogen) atoms. The van der Waals surface area contributed by atoms with Crippen LogP contribution in [0.3, 0.4) is 0 Å². The van der Waals surface area contributed by atoms with Crippen molar-refractivity contribution in [3.63, 3.8) is 0 Å². The van der Waals surface area contributed by atoms with Gasteiger partial charge in [-0.05, 0) is 18.9 Å². The van der Waals surface area contributed by atoms with Gasteiger partial charge in [-0.15, -0.1) is 11.6 Å². The molecule has 4 heteroatoms. The maximum Gasteiger partial charge on any atom is 0.238 e. The lowest BCUT2D eigenvalue weighted by Crippen LogP contribution is -2.40. The highest BCUT2D eigenvalue weighted by Gasteiger charge is 2.24. The number of alkyl halides is 1. The Hall–Kier alpha value is -1.09. The first-order valence-corrected chi connectivity index (χ1v) is 7.84. The second-order valence-electron chi connectivity index (χ2n) is 5.39. The summed E-state index contributed by atoms with van der Waals surface area (Å²) >= 11 is 5.73. The fraction of sp³-hybridized carbons (Fsp3) is 0.562. The molecule has 0 spiro atoms. The Bertz CT molecular complexity index is 444. The molecule has 2 nitrogen and oxygen atoms in total. The van der Waals surface area contributed by atoms with Crippen LogP contribution in [0.15, 0.2) is 24.3 Å². The van der Waals surface area contributed by atoms with Crippen LogP contribution in [0.25, 0.3) is 0 Å². The summed E-state index contributed by atoms with van der Waals surface area (Å²) in [7, 11) is 0. The number of rotatable bonds is 4. The van der Waals surface area contributed by atoms with Gasteiger partial charge in [0.1, 0.15) is 11.7 Å². The molecule has 1 saturated carbocycles. The number of halogens is 2. The molecular formula is C16H21ClFNO. The Kier molecular flexibility index (Phi) is 5.84. The number of hydrogen-bond acceptors (Lipinski definition) is 1. The normalized spacial score (nSPS) is 16.7. The molecular weight excluding hydrogens is 277 g/mol. The van der Waals surface area contributed by atoms with E-state index >= 15 is 0 Å². The lowest BCUT2D eigenvalue weighted by Gasteiger charge is -2.31. The van der Waals surface area contributed by atoms with Gasteiger partial charge in [-0.1, -0.05) is 43.9 Å². The van der Waals surface area contributed by atoms with Crippen LogP contribution in [-0.4, -0.2) is 22.7 Å². The molecule has 2 rings (SSSR count). The van der Waals surface area contributed by atoms with Crippen molar-refractivity contribution in [2.45, 2.75) is 51.1 Å². The lowest BCUT2D eigenvalue weighted by atomic mass is 10.1. The molecule has 0 radical (unpaired) electrons. The van der Waals surface area contributed by atoms with E-state index in [0.29, 0.717) is 12.1 Å². The summed E-state index contributed by atoms with van der Waals surface area (Å²) in [6.45, 7) is 0.322. The van der Waals surface area contributed by atoms with Crippen molar-refractivity contribution in [1.29, 1.82) is 0 Å². The predicted octanol–water partition coefficient (Wildman–Crippen LogP) is 4.12. The number of amides is 1. The summed E-state index contributed by atoms with van der Waals surface area (Å²) in [5, 5.41) is 0. The Morgan fingerprint density at radius 2 is 1.85 bits per heavy atom. The molecule has 1 fully saturated rings. The third-order valence-electron chi connectivity index (χ3n) is 4.00. The zero-order valence-corrected chi connectivity index (χ0v) is 12.4. The van der Waals surface area contributed by atoms with Crippen LogP contribution in [0, 0.1) is 5.82 Å². The minimum Gasteiger partial charge on any atom is -0.334 e. The van der Waals surface area contributed by atoms with E-state index < -0.39 is 0 Å². The van der Waals surface area contributed by atoms with Crippen LogP contribution in [0.4, 0.5) is 4.39 Å². The first-order chi connectivity index (χ1) is 9.72. The summed E-state index contributed by atoms with van der Waals surface area (Å²) in [4.78, 5) is 13.9. The third-order valence-corrected chi connectivity index (χ3v) is 4.23. The van der Waals surface area contributed by atoms with Gasteiger partial charge in [-0.3, -0.25) is 4.79 Å². The van der Waals surface area contributed by atoms with E-state index in [-0.39, 0.29) is 23.6 Å². The van der Waals surface area contributed by atoms with E-state index in [1.807, 2.05) is 0 Å². The zero-order chi connectivity index (χ0) is 14.4. The van der Waals surface area contributed by atoms with Crippen LogP contribution >= 0.6 is 11.6 Å². The molecule has 0 saturated heterocycles. The second kappa shape index (κ2) is 7.63. The lowest BCUT2D eigenvalue weighted by molar-refractivity contribution is -0.131. The summed E-state index contributed by atoms with van der Waals surface area (Å²) in [5.41, 5.74) is 0.565. The molecule has 1 aliphatic rings. The first-order valence-electron chi connectivity index (χ1n) is 7.31. The molecule has 0 aromatic heterocycles. The van der Waals surface area contributed by atoms with Crippen LogP contribution in [0.5, 0.6) is 0 Å². The molecule has 1 aromatic carbocycles. The van der Waals surface area contributed by atoms with Crippen molar-refractivity contribution >= 4 is 17.5 Å². The van der Waals surface area contributed by atoms with E-state index in [9.17, 15) is 9.18 Å². The highest BCUT2D eigenvalue weighted by atomic mass is 35.5. The van der Waals surface area contributed by atoms with Gasteiger partial charge >= 0.3 is 0 Å². The molecule has 0 heterocycles. The van der Waals surface area contributed by atoms with Gasteiger partial charge in [-0.25, -0.2) is 4.39 Å². The molecule has 1 aromatic rings. The summed E-state index contributed by atoms with van der Waals surface area (Å²) in [6, 6.07) is 6.84. The standard InChI is InChI=1S/C16H21ClFNO/c17-11-16(20)19(14-8-3-1-2-4-9-14)12-13-7-5-6-10-15(13)18/h5-7,10,14H,1-4,8-9,11-12H2. The highest BCUT2D eigenvalue weighted by molar-refractivity contribution is 6.27. The van der Waals surface area contributed by atoms with E-state index in [1.165, 1.54) is 18.9 Å². The highest BCUT2D eigenvalue weighted by Crippen LogP contribution is 2.24. The molecule has 0 atom stereocenters. The monoisotopic (exact) mass is 297 g/mol. The minimum absolute atomic E-state index is 0.0368. The third kappa shape index (κ3) is 3.95. The van der Waals surface area contributed by atoms with Crippen molar-refractivity contribution in [1.82, 2.24) is 4.90 Å². The predicted molar refractivity (Wildman–Crippen MR) is 79.2 cm³/mol. The van der Waals surface area contributed by atoms with Crippen molar-refractivity contribution in [3.8, 4) is 0 Å². The summed E-state index contributed by atoms with van der Waals surface area (Å²) < 4.78 is 13.8. The van der Waals surface area contributed by atoms with Gasteiger partial charge in [0.2, 0.25) is 5.91 Å². The Labute approximate surface area is 124 Å². The SMILES string of the molecule is O=C(CCl)N(Cc1ccccc1F)C1CCCCCC1. The van der Waals surface area contributed by atoms with Crippen molar-refractivity contribution in [2.24, 2.45) is 0 Å². The van der Waals surface area contributed by atoms with Crippen molar-refractivity contribution < 1.29 is 9.18 Å². The van der Waals surface area contributed by atoms with Gasteiger partial charge in [0, 0.05) is 18.2 Å². The Morgan fingerprint density at radius 1 is 1.20 bits per heavy atom. The fourth-order valence-corrected chi connectivity index (χ4v) is 3.03. The van der Waals surface area contributed by atoms with E-state index in [1.54, 1.807) is 23.1 Å². The van der Waals surface area contributed by atoms with Gasteiger partial charge in [0.25, 0.3) is 0 Å². The fourth-order valence-electron chi connectivity index (χ4n) is 2.88. The summed E-state index contributed by atoms with van der Waals surface area (Å²) in [6.07, 6.45) is 6.70. The van der Waals surface area contributed by atoms with Gasteiger partial charge in [-0.2, -0.15) is 0 Å². The average Bonchev–Trinajstić information content (AvgIpc) is 2.74. The van der Waals surface area contributed by atoms with E-state index in [0.717, 1.165) is 25.7 Å². The molecule has 0 N–H and O–H groups in total. The largest absolute Gasteiger partial charge is 0.334 e. The topological polar surface area (TPSA) is 20.3 Å². The number of carbonyl (C=O) groups excluding carboxylic acids is 1. The molecule has 110 valence electrons. The second-order valence-corrected chi connectivity index (χ2v) is 5.66. The Morgan fingerprint density at radius 3 is 2.45 bits per heavy atom. The van der Waals surface area contributed by atoms with Gasteiger partial charge in [0.05, 0.1) is 0 Å². The van der Waals surface area contributed by atoms with Crippen molar-refractivity contribution in [3.05, 3.63) is 35.6 Å². The van der Waals surface area contributed by atoms with Gasteiger partial charge < -0.3 is 4.90 Å². The molecule has 0 bridgehead atoms. The summed E-state index contributed by atoms with van der Waals surface area (Å²) in [5.74, 6) is -0.388.